The zero-order valence-electron chi connectivity index (χ0n) is 6.69. The van der Waals surface area contributed by atoms with E-state index < -0.39 is 17.5 Å². The number of carbonyl (C=O) groups is 2. The summed E-state index contributed by atoms with van der Waals surface area (Å²) in [4.78, 5) is 32.9. The summed E-state index contributed by atoms with van der Waals surface area (Å²) in [5, 5.41) is 0. The van der Waals surface area contributed by atoms with Gasteiger partial charge in [-0.2, -0.15) is 0 Å². The van der Waals surface area contributed by atoms with Gasteiger partial charge in [-0.1, -0.05) is 0 Å². The van der Waals surface area contributed by atoms with Crippen molar-refractivity contribution in [1.82, 2.24) is 4.90 Å². The smallest absolute Gasteiger partial charge is 0.253 e. The van der Waals surface area contributed by atoms with E-state index in [0.717, 1.165) is 17.1 Å². The van der Waals surface area contributed by atoms with Crippen LogP contribution in [0.5, 0.6) is 0 Å². The number of hydrogen-bond acceptors (Lipinski definition) is 5. The van der Waals surface area contributed by atoms with Crippen LogP contribution in [0.4, 0.5) is 0 Å². The Morgan fingerprint density at radius 2 is 1.77 bits per heavy atom. The Morgan fingerprint density at radius 1 is 1.31 bits per heavy atom. The van der Waals surface area contributed by atoms with Crippen LogP contribution < -0.4 is 11.5 Å². The van der Waals surface area contributed by atoms with Crippen LogP contribution in [-0.2, 0) is 14.4 Å². The molecule has 0 aromatic heterocycles. The maximum atomic E-state index is 11.0. The summed E-state index contributed by atoms with van der Waals surface area (Å²) in [5.74, 6) is -1.05. The van der Waals surface area contributed by atoms with Gasteiger partial charge >= 0.3 is 0 Å². The maximum Gasteiger partial charge on any atom is 0.253 e. The number of rotatable bonds is 3. The first-order valence-electron chi connectivity index (χ1n) is 3.47. The van der Waals surface area contributed by atoms with Crippen molar-refractivity contribution in [2.75, 3.05) is 6.54 Å². The van der Waals surface area contributed by atoms with E-state index >= 15 is 0 Å². The highest BCUT2D eigenvalue weighted by molar-refractivity contribution is 6.13. The molecule has 0 bridgehead atoms. The first kappa shape index (κ1) is 9.56. The second-order valence-corrected chi connectivity index (χ2v) is 2.74. The number of imide groups is 1. The third kappa shape index (κ3) is 1.98. The van der Waals surface area contributed by atoms with Gasteiger partial charge in [0.25, 0.3) is 11.8 Å². The molecule has 0 saturated heterocycles. The van der Waals surface area contributed by atoms with Crippen LogP contribution in [0.3, 0.4) is 0 Å². The predicted molar refractivity (Wildman–Crippen MR) is 42.7 cm³/mol. The summed E-state index contributed by atoms with van der Waals surface area (Å²) in [6, 6.07) is 0. The van der Waals surface area contributed by atoms with E-state index in [0.29, 0.717) is 0 Å². The summed E-state index contributed by atoms with van der Waals surface area (Å²) >= 11 is 0. The fraction of sp³-hybridized carbons (Fsp3) is 0.286. The molecule has 1 rings (SSSR count). The number of nitrogens with zero attached hydrogens (tertiary/aromatic N) is 1. The van der Waals surface area contributed by atoms with Crippen molar-refractivity contribution in [1.29, 1.82) is 0 Å². The molecule has 0 aromatic rings. The van der Waals surface area contributed by atoms with Gasteiger partial charge in [0.05, 0.1) is 6.54 Å². The van der Waals surface area contributed by atoms with Crippen molar-refractivity contribution in [3.63, 3.8) is 0 Å². The topological polar surface area (TPSA) is 106 Å². The van der Waals surface area contributed by atoms with Gasteiger partial charge in [-0.3, -0.25) is 19.3 Å². The molecular weight excluding hydrogens is 174 g/mol. The van der Waals surface area contributed by atoms with Gasteiger partial charge in [-0.15, -0.1) is 0 Å². The lowest BCUT2D eigenvalue weighted by atomic mass is 10.2. The molecule has 6 nitrogen and oxygen atoms in total. The molecule has 0 saturated carbocycles. The number of carbonyl (C=O) groups excluding carboxylic acids is 3. The van der Waals surface area contributed by atoms with Crippen molar-refractivity contribution in [3.05, 3.63) is 12.2 Å². The van der Waals surface area contributed by atoms with Crippen LogP contribution in [0.15, 0.2) is 12.2 Å². The molecule has 13 heavy (non-hydrogen) atoms. The molecule has 0 unspecified atom stereocenters. The highest BCUT2D eigenvalue weighted by atomic mass is 16.2. The Morgan fingerprint density at radius 3 is 2.15 bits per heavy atom. The van der Waals surface area contributed by atoms with Crippen molar-refractivity contribution < 1.29 is 14.4 Å². The largest absolute Gasteiger partial charge is 0.305 e. The average molecular weight is 182 g/mol. The Kier molecular flexibility index (Phi) is 2.26. The van der Waals surface area contributed by atoms with Crippen molar-refractivity contribution in [2.45, 2.75) is 5.66 Å². The lowest BCUT2D eigenvalue weighted by Crippen LogP contribution is -2.59. The standard InChI is InChI=1S/C7H8N3O3/c8-7(9,4-11)3-10-5(12)1-2-6(10)13/h1-2H,3,8-9H2. The number of hydrogen-bond donors (Lipinski definition) is 2. The summed E-state index contributed by atoms with van der Waals surface area (Å²) < 4.78 is 0. The Bertz CT molecular complexity index is 277. The third-order valence-electron chi connectivity index (χ3n) is 1.51. The number of nitrogens with two attached hydrogens (primary N) is 2. The van der Waals surface area contributed by atoms with E-state index in [2.05, 4.69) is 0 Å². The molecule has 1 heterocycles. The van der Waals surface area contributed by atoms with Crippen LogP contribution in [-0.4, -0.2) is 35.2 Å². The lowest BCUT2D eigenvalue weighted by molar-refractivity contribution is -0.137. The second-order valence-electron chi connectivity index (χ2n) is 2.74. The highest BCUT2D eigenvalue weighted by Gasteiger charge is 2.31. The summed E-state index contributed by atoms with van der Waals surface area (Å²) in [5.41, 5.74) is 8.61. The van der Waals surface area contributed by atoms with E-state index in [1.54, 1.807) is 0 Å². The first-order valence-corrected chi connectivity index (χ1v) is 3.47. The van der Waals surface area contributed by atoms with Gasteiger partial charge in [-0.05, 0) is 0 Å². The third-order valence-corrected chi connectivity index (χ3v) is 1.51. The Labute approximate surface area is 74.2 Å². The Hall–Kier alpha value is -1.53. The average Bonchev–Trinajstić information content (AvgIpc) is 2.36. The van der Waals surface area contributed by atoms with Crippen LogP contribution >= 0.6 is 0 Å². The van der Waals surface area contributed by atoms with Gasteiger partial charge in [0, 0.05) is 12.2 Å². The van der Waals surface area contributed by atoms with Crippen LogP contribution in [0.1, 0.15) is 0 Å². The van der Waals surface area contributed by atoms with E-state index in [-0.39, 0.29) is 6.54 Å². The zero-order chi connectivity index (χ0) is 10.1. The molecular formula is C7H8N3O3. The minimum absolute atomic E-state index is 0.360. The van der Waals surface area contributed by atoms with E-state index in [4.69, 9.17) is 11.5 Å². The van der Waals surface area contributed by atoms with Gasteiger partial charge in [0.15, 0.2) is 5.66 Å². The van der Waals surface area contributed by atoms with E-state index in [9.17, 15) is 14.4 Å². The molecule has 0 aromatic carbocycles. The van der Waals surface area contributed by atoms with E-state index in [1.165, 1.54) is 6.29 Å². The molecule has 4 N–H and O–H groups in total. The molecule has 0 fully saturated rings. The van der Waals surface area contributed by atoms with Crippen molar-refractivity contribution in [2.24, 2.45) is 11.5 Å². The molecule has 1 aliphatic rings. The monoisotopic (exact) mass is 182 g/mol. The normalized spacial score (nSPS) is 16.9. The fourth-order valence-corrected chi connectivity index (χ4v) is 0.881. The van der Waals surface area contributed by atoms with Gasteiger partial charge in [0.2, 0.25) is 6.29 Å². The number of amides is 2. The first-order chi connectivity index (χ1) is 5.96. The molecule has 6 heteroatoms. The van der Waals surface area contributed by atoms with Crippen molar-refractivity contribution >= 4 is 18.1 Å². The summed E-state index contributed by atoms with van der Waals surface area (Å²) in [6.07, 6.45) is 3.51. The summed E-state index contributed by atoms with van der Waals surface area (Å²) in [7, 11) is 0. The molecule has 69 valence electrons. The minimum Gasteiger partial charge on any atom is -0.305 e. The van der Waals surface area contributed by atoms with Crippen molar-refractivity contribution in [3.8, 4) is 0 Å². The zero-order valence-corrected chi connectivity index (χ0v) is 6.69. The Balaban J connectivity index is 2.70. The van der Waals surface area contributed by atoms with Crippen LogP contribution in [0, 0.1) is 0 Å². The summed E-state index contributed by atoms with van der Waals surface area (Å²) in [6.45, 7) is -0.360. The molecule has 0 aliphatic carbocycles. The van der Waals surface area contributed by atoms with Crippen LogP contribution in [0.2, 0.25) is 0 Å². The quantitative estimate of drug-likeness (QED) is 0.375. The highest BCUT2D eigenvalue weighted by Crippen LogP contribution is 2.05. The lowest BCUT2D eigenvalue weighted by Gasteiger charge is -2.22. The second kappa shape index (κ2) is 3.08. The molecule has 1 radical (unpaired) electrons. The maximum absolute atomic E-state index is 11.0. The predicted octanol–water partition coefficient (Wildman–Crippen LogP) is -2.37. The van der Waals surface area contributed by atoms with E-state index in [1.807, 2.05) is 0 Å². The molecule has 1 aliphatic heterocycles. The minimum atomic E-state index is -1.79. The van der Waals surface area contributed by atoms with Gasteiger partial charge < -0.3 is 11.5 Å². The van der Waals surface area contributed by atoms with Gasteiger partial charge in [0.1, 0.15) is 0 Å². The molecule has 0 spiro atoms. The van der Waals surface area contributed by atoms with Gasteiger partial charge in [-0.25, -0.2) is 0 Å². The molecule has 0 atom stereocenters. The van der Waals surface area contributed by atoms with Crippen LogP contribution in [0.25, 0.3) is 0 Å². The fourth-order valence-electron chi connectivity index (χ4n) is 0.881. The SMILES string of the molecule is NC(N)([C]=O)CN1C(=O)C=CC1=O. The molecule has 2 amide bonds.